The Morgan fingerprint density at radius 2 is 1.58 bits per heavy atom. The van der Waals surface area contributed by atoms with E-state index in [1.165, 1.54) is 14.2 Å². The Labute approximate surface area is 220 Å². The number of hydrogen-bond donors (Lipinski definition) is 0. The molecule has 4 fully saturated rings. The molecule has 0 heterocycles. The SMILES string of the molecule is COC(=O)[C@H]1[C@H]2[C@@](C)(CCC[C@@]2(C)C(=O)OC)[C@@H]2CC[C@]3(O[Si](C)(C)C)C[C@]12C[C@H]3CO[Si](C)(C)C. The van der Waals surface area contributed by atoms with E-state index in [-0.39, 0.29) is 46.1 Å². The third kappa shape index (κ3) is 4.26. The molecule has 1 spiro atoms. The zero-order valence-corrected chi connectivity index (χ0v) is 26.4. The van der Waals surface area contributed by atoms with Crippen LogP contribution in [0.4, 0.5) is 0 Å². The van der Waals surface area contributed by atoms with E-state index in [0.717, 1.165) is 44.9 Å². The molecular weight excluding hydrogens is 488 g/mol. The number of rotatable bonds is 7. The fraction of sp³-hybridized carbons (Fsp3) is 0.929. The van der Waals surface area contributed by atoms with Gasteiger partial charge in [-0.05, 0) is 107 Å². The monoisotopic (exact) mass is 538 g/mol. The van der Waals surface area contributed by atoms with Crippen molar-refractivity contribution in [3.05, 3.63) is 0 Å². The Hall–Kier alpha value is -0.706. The van der Waals surface area contributed by atoms with Crippen LogP contribution in [0.15, 0.2) is 0 Å². The summed E-state index contributed by atoms with van der Waals surface area (Å²) in [5.41, 5.74) is -1.31. The Balaban J connectivity index is 1.86. The minimum atomic E-state index is -1.88. The highest BCUT2D eigenvalue weighted by Gasteiger charge is 2.78. The van der Waals surface area contributed by atoms with Gasteiger partial charge in [-0.25, -0.2) is 0 Å². The highest BCUT2D eigenvalue weighted by Crippen LogP contribution is 2.79. The molecule has 0 aromatic rings. The van der Waals surface area contributed by atoms with Crippen LogP contribution in [0.5, 0.6) is 0 Å². The quantitative estimate of drug-likeness (QED) is 0.291. The van der Waals surface area contributed by atoms with Crippen molar-refractivity contribution in [2.75, 3.05) is 20.8 Å². The number of hydrogen-bond acceptors (Lipinski definition) is 6. The third-order valence-electron chi connectivity index (χ3n) is 10.4. The van der Waals surface area contributed by atoms with Crippen molar-refractivity contribution in [2.24, 2.45) is 39.9 Å². The maximum atomic E-state index is 13.8. The predicted octanol–water partition coefficient (Wildman–Crippen LogP) is 6.02. The lowest BCUT2D eigenvalue weighted by Crippen LogP contribution is -2.51. The molecule has 0 saturated heterocycles. The summed E-state index contributed by atoms with van der Waals surface area (Å²) in [5, 5.41) is 0. The molecule has 4 saturated carbocycles. The van der Waals surface area contributed by atoms with Gasteiger partial charge in [0.15, 0.2) is 16.6 Å². The van der Waals surface area contributed by atoms with Crippen molar-refractivity contribution in [3.8, 4) is 0 Å². The van der Waals surface area contributed by atoms with Gasteiger partial charge in [-0.15, -0.1) is 0 Å². The summed E-state index contributed by atoms with van der Waals surface area (Å²) in [6.07, 6.45) is 6.61. The maximum Gasteiger partial charge on any atom is 0.311 e. The Kier molecular flexibility index (Phi) is 7.01. The summed E-state index contributed by atoms with van der Waals surface area (Å²) < 4.78 is 24.6. The van der Waals surface area contributed by atoms with Crippen molar-refractivity contribution in [1.29, 1.82) is 0 Å². The number of fused-ring (bicyclic) bond motifs is 3. The van der Waals surface area contributed by atoms with E-state index in [0.29, 0.717) is 12.5 Å². The number of methoxy groups -OCH3 is 2. The van der Waals surface area contributed by atoms with E-state index in [1.54, 1.807) is 0 Å². The van der Waals surface area contributed by atoms with Gasteiger partial charge in [-0.2, -0.15) is 0 Å². The van der Waals surface area contributed by atoms with Crippen LogP contribution in [0, 0.1) is 39.9 Å². The summed E-state index contributed by atoms with van der Waals surface area (Å²) in [6, 6.07) is 0. The van der Waals surface area contributed by atoms with E-state index in [9.17, 15) is 9.59 Å². The topological polar surface area (TPSA) is 71.1 Å². The number of ether oxygens (including phenoxy) is 2. The van der Waals surface area contributed by atoms with Crippen LogP contribution in [-0.2, 0) is 27.9 Å². The summed E-state index contributed by atoms with van der Waals surface area (Å²) >= 11 is 0. The van der Waals surface area contributed by atoms with Crippen LogP contribution in [0.3, 0.4) is 0 Å². The van der Waals surface area contributed by atoms with E-state index < -0.39 is 22.0 Å². The minimum absolute atomic E-state index is 0.0945. The maximum absolute atomic E-state index is 13.8. The van der Waals surface area contributed by atoms with Gasteiger partial charge in [0.2, 0.25) is 0 Å². The molecule has 0 N–H and O–H groups in total. The molecule has 8 heteroatoms. The molecule has 0 unspecified atom stereocenters. The van der Waals surface area contributed by atoms with Gasteiger partial charge in [-0.1, -0.05) is 13.3 Å². The van der Waals surface area contributed by atoms with Gasteiger partial charge in [0.05, 0.1) is 31.2 Å². The molecule has 36 heavy (non-hydrogen) atoms. The van der Waals surface area contributed by atoms with Gasteiger partial charge in [-0.3, -0.25) is 9.59 Å². The second-order valence-electron chi connectivity index (χ2n) is 14.9. The Bertz CT molecular complexity index is 895. The molecule has 8 atom stereocenters. The van der Waals surface area contributed by atoms with Crippen molar-refractivity contribution in [1.82, 2.24) is 0 Å². The summed E-state index contributed by atoms with van der Waals surface area (Å²) in [7, 11) is -0.607. The van der Waals surface area contributed by atoms with Crippen molar-refractivity contribution in [3.63, 3.8) is 0 Å². The molecule has 0 radical (unpaired) electrons. The second kappa shape index (κ2) is 8.92. The van der Waals surface area contributed by atoms with Gasteiger partial charge in [0, 0.05) is 12.5 Å². The van der Waals surface area contributed by atoms with Crippen molar-refractivity contribution < 1.29 is 27.9 Å². The first-order valence-electron chi connectivity index (χ1n) is 14.0. The number of carbonyl (C=O) groups is 2. The number of carbonyl (C=O) groups excluding carboxylic acids is 2. The van der Waals surface area contributed by atoms with Gasteiger partial charge < -0.3 is 18.3 Å². The molecule has 6 nitrogen and oxygen atoms in total. The average Bonchev–Trinajstić information content (AvgIpc) is 3.13. The zero-order chi connectivity index (χ0) is 26.9. The average molecular weight is 539 g/mol. The fourth-order valence-electron chi connectivity index (χ4n) is 9.74. The molecule has 2 bridgehead atoms. The van der Waals surface area contributed by atoms with Crippen LogP contribution in [0.2, 0.25) is 39.3 Å². The van der Waals surface area contributed by atoms with Gasteiger partial charge in [0.25, 0.3) is 0 Å². The summed E-state index contributed by atoms with van der Waals surface area (Å²) in [5.74, 6) is -0.142. The van der Waals surface area contributed by atoms with Crippen molar-refractivity contribution in [2.45, 2.75) is 104 Å². The van der Waals surface area contributed by atoms with Crippen LogP contribution < -0.4 is 0 Å². The lowest BCUT2D eigenvalue weighted by molar-refractivity contribution is -0.170. The van der Waals surface area contributed by atoms with Crippen molar-refractivity contribution >= 4 is 28.6 Å². The van der Waals surface area contributed by atoms with E-state index in [2.05, 4.69) is 53.1 Å². The minimum Gasteiger partial charge on any atom is -0.469 e. The molecule has 206 valence electrons. The first kappa shape index (κ1) is 28.3. The van der Waals surface area contributed by atoms with E-state index >= 15 is 0 Å². The molecule has 4 aliphatic carbocycles. The highest BCUT2D eigenvalue weighted by molar-refractivity contribution is 6.70. The van der Waals surface area contributed by atoms with Gasteiger partial charge >= 0.3 is 11.9 Å². The molecular formula is C28H50O6Si2. The second-order valence-corrected chi connectivity index (χ2v) is 23.8. The van der Waals surface area contributed by atoms with Crippen LogP contribution in [0.1, 0.15) is 58.8 Å². The molecule has 0 amide bonds. The Morgan fingerprint density at radius 1 is 0.917 bits per heavy atom. The van der Waals surface area contributed by atoms with E-state index in [4.69, 9.17) is 18.3 Å². The molecule has 0 aromatic heterocycles. The molecule has 0 aromatic carbocycles. The third-order valence-corrected chi connectivity index (χ3v) is 12.5. The summed E-state index contributed by atoms with van der Waals surface area (Å²) in [6.45, 7) is 18.7. The Morgan fingerprint density at radius 3 is 2.14 bits per heavy atom. The lowest BCUT2D eigenvalue weighted by Gasteiger charge is -2.52. The molecule has 0 aliphatic heterocycles. The van der Waals surface area contributed by atoms with Crippen LogP contribution in [0.25, 0.3) is 0 Å². The largest absolute Gasteiger partial charge is 0.469 e. The predicted molar refractivity (Wildman–Crippen MR) is 145 cm³/mol. The standard InChI is InChI=1S/C28H50O6Si2/c1-25-13-11-14-26(2,24(30)32-4)22(25)21(23(29)31-3)27-16-19(17-33-35(5,6)7)28(18-27,15-12-20(25)27)34-36(8,9)10/h19-22H,11-18H2,1-10H3/t19-,20-,21+,22-,25-,26+,27-,28-/m0/s1. The van der Waals surface area contributed by atoms with Crippen LogP contribution in [-0.4, -0.2) is 55.0 Å². The summed E-state index contributed by atoms with van der Waals surface area (Å²) in [4.78, 5) is 27.2. The van der Waals surface area contributed by atoms with Gasteiger partial charge in [0.1, 0.15) is 0 Å². The fourth-order valence-corrected chi connectivity index (χ4v) is 12.0. The molecule has 4 aliphatic rings. The smallest absolute Gasteiger partial charge is 0.311 e. The first-order chi connectivity index (χ1) is 16.5. The normalized spacial score (nSPS) is 44.1. The van der Waals surface area contributed by atoms with Crippen LogP contribution >= 0.6 is 0 Å². The zero-order valence-electron chi connectivity index (χ0n) is 24.4. The highest BCUT2D eigenvalue weighted by atomic mass is 28.4. The number of esters is 2. The first-order valence-corrected chi connectivity index (χ1v) is 20.8. The van der Waals surface area contributed by atoms with E-state index in [1.807, 2.05) is 0 Å². The molecule has 4 rings (SSSR count). The lowest BCUT2D eigenvalue weighted by atomic mass is 9.53.